The summed E-state index contributed by atoms with van der Waals surface area (Å²) in [6, 6.07) is 8.69. The summed E-state index contributed by atoms with van der Waals surface area (Å²) in [5, 5.41) is 3.43. The van der Waals surface area contributed by atoms with Crippen LogP contribution in [0.5, 0.6) is 0 Å². The number of hydrogen-bond donors (Lipinski definition) is 1. The van der Waals surface area contributed by atoms with Crippen LogP contribution in [0, 0.1) is 0 Å². The minimum atomic E-state index is 0.967. The second-order valence-electron chi connectivity index (χ2n) is 4.41. The molecule has 0 saturated carbocycles. The van der Waals surface area contributed by atoms with Crippen LogP contribution in [0.15, 0.2) is 29.3 Å². The number of rotatable bonds is 3. The lowest BCUT2D eigenvalue weighted by atomic mass is 10.0. The molecule has 1 N–H and O–H groups in total. The zero-order chi connectivity index (χ0) is 12.8. The van der Waals surface area contributed by atoms with Crippen LogP contribution in [0.4, 0.5) is 0 Å². The number of nitrogens with one attached hydrogen (secondary N) is 1. The Kier molecular flexibility index (Phi) is 4.93. The van der Waals surface area contributed by atoms with E-state index >= 15 is 0 Å². The zero-order valence-corrected chi connectivity index (χ0v) is 12.0. The summed E-state index contributed by atoms with van der Waals surface area (Å²) in [7, 11) is 1.86. The van der Waals surface area contributed by atoms with Gasteiger partial charge in [0.2, 0.25) is 0 Å². The SMILES string of the molecule is CN=C(NCCSC)N1CCc2ccccc2C1. The lowest BCUT2D eigenvalue weighted by Gasteiger charge is -2.31. The Morgan fingerprint density at radius 1 is 1.39 bits per heavy atom. The summed E-state index contributed by atoms with van der Waals surface area (Å²) in [5.41, 5.74) is 2.91. The maximum Gasteiger partial charge on any atom is 0.193 e. The molecule has 0 saturated heterocycles. The third-order valence-electron chi connectivity index (χ3n) is 3.23. The molecule has 4 heteroatoms. The largest absolute Gasteiger partial charge is 0.355 e. The van der Waals surface area contributed by atoms with Crippen molar-refractivity contribution in [2.45, 2.75) is 13.0 Å². The number of fused-ring (bicyclic) bond motifs is 1. The van der Waals surface area contributed by atoms with Gasteiger partial charge in [0.05, 0.1) is 0 Å². The predicted octanol–water partition coefficient (Wildman–Crippen LogP) is 1.98. The van der Waals surface area contributed by atoms with Crippen LogP contribution >= 0.6 is 11.8 Å². The smallest absolute Gasteiger partial charge is 0.193 e. The molecule has 0 bridgehead atoms. The normalized spacial score (nSPS) is 15.4. The van der Waals surface area contributed by atoms with E-state index in [0.717, 1.165) is 37.8 Å². The molecule has 0 amide bonds. The molecule has 1 aromatic carbocycles. The van der Waals surface area contributed by atoms with Gasteiger partial charge < -0.3 is 10.2 Å². The number of guanidine groups is 1. The van der Waals surface area contributed by atoms with E-state index in [9.17, 15) is 0 Å². The number of nitrogens with zero attached hydrogens (tertiary/aromatic N) is 2. The number of benzene rings is 1. The van der Waals surface area contributed by atoms with Crippen LogP contribution in [-0.2, 0) is 13.0 Å². The van der Waals surface area contributed by atoms with Crippen molar-refractivity contribution >= 4 is 17.7 Å². The first-order chi connectivity index (χ1) is 8.85. The van der Waals surface area contributed by atoms with Gasteiger partial charge in [-0.2, -0.15) is 11.8 Å². The summed E-state index contributed by atoms with van der Waals surface area (Å²) >= 11 is 1.85. The average Bonchev–Trinajstić information content (AvgIpc) is 2.43. The van der Waals surface area contributed by atoms with Gasteiger partial charge in [0, 0.05) is 32.4 Å². The van der Waals surface area contributed by atoms with E-state index in [1.54, 1.807) is 0 Å². The first kappa shape index (κ1) is 13.3. The first-order valence-electron chi connectivity index (χ1n) is 6.36. The summed E-state index contributed by atoms with van der Waals surface area (Å²) < 4.78 is 0. The van der Waals surface area contributed by atoms with E-state index < -0.39 is 0 Å². The third kappa shape index (κ3) is 3.19. The molecule has 0 atom stereocenters. The zero-order valence-electron chi connectivity index (χ0n) is 11.1. The molecule has 1 heterocycles. The quantitative estimate of drug-likeness (QED) is 0.513. The molecule has 18 heavy (non-hydrogen) atoms. The standard InChI is InChI=1S/C14H21N3S/c1-15-14(16-8-10-18-2)17-9-7-12-5-3-4-6-13(12)11-17/h3-6H,7-11H2,1-2H3,(H,15,16). The Hall–Kier alpha value is -1.16. The Labute approximate surface area is 114 Å². The highest BCUT2D eigenvalue weighted by Gasteiger charge is 2.18. The monoisotopic (exact) mass is 263 g/mol. The molecule has 0 fully saturated rings. The van der Waals surface area contributed by atoms with Gasteiger partial charge in [0.15, 0.2) is 5.96 Å². The average molecular weight is 263 g/mol. The molecule has 0 aliphatic carbocycles. The van der Waals surface area contributed by atoms with Crippen molar-refractivity contribution < 1.29 is 0 Å². The minimum absolute atomic E-state index is 0.967. The number of hydrogen-bond acceptors (Lipinski definition) is 2. The number of thioether (sulfide) groups is 1. The molecule has 98 valence electrons. The van der Waals surface area contributed by atoms with E-state index in [1.165, 1.54) is 11.1 Å². The fourth-order valence-corrected chi connectivity index (χ4v) is 2.58. The highest BCUT2D eigenvalue weighted by Crippen LogP contribution is 2.18. The molecule has 1 aliphatic rings. The number of aliphatic imine (C=N–C) groups is 1. The maximum atomic E-state index is 4.38. The molecule has 0 spiro atoms. The Balaban J connectivity index is 1.98. The molecule has 1 aromatic rings. The van der Waals surface area contributed by atoms with Gasteiger partial charge >= 0.3 is 0 Å². The second-order valence-corrected chi connectivity index (χ2v) is 5.39. The van der Waals surface area contributed by atoms with Crippen molar-refractivity contribution in [1.29, 1.82) is 0 Å². The van der Waals surface area contributed by atoms with Gasteiger partial charge in [0.1, 0.15) is 0 Å². The van der Waals surface area contributed by atoms with Gasteiger partial charge in [-0.1, -0.05) is 24.3 Å². The molecule has 2 rings (SSSR count). The van der Waals surface area contributed by atoms with Crippen LogP contribution in [0.25, 0.3) is 0 Å². The molecule has 0 aromatic heterocycles. The molecular formula is C14H21N3S. The molecule has 0 unspecified atom stereocenters. The van der Waals surface area contributed by atoms with E-state index in [4.69, 9.17) is 0 Å². The summed E-state index contributed by atoms with van der Waals surface area (Å²) in [6.45, 7) is 3.00. The maximum absolute atomic E-state index is 4.38. The van der Waals surface area contributed by atoms with Crippen molar-refractivity contribution in [3.8, 4) is 0 Å². The van der Waals surface area contributed by atoms with Gasteiger partial charge in [-0.15, -0.1) is 0 Å². The minimum Gasteiger partial charge on any atom is -0.355 e. The Bertz CT molecular complexity index is 417. The molecule has 3 nitrogen and oxygen atoms in total. The van der Waals surface area contributed by atoms with Crippen molar-refractivity contribution in [3.63, 3.8) is 0 Å². The Morgan fingerprint density at radius 2 is 2.17 bits per heavy atom. The van der Waals surface area contributed by atoms with Crippen LogP contribution in [-0.4, -0.2) is 43.0 Å². The van der Waals surface area contributed by atoms with Crippen molar-refractivity contribution in [2.75, 3.05) is 32.1 Å². The molecule has 0 radical (unpaired) electrons. The first-order valence-corrected chi connectivity index (χ1v) is 7.76. The molecular weight excluding hydrogens is 242 g/mol. The second kappa shape index (κ2) is 6.69. The topological polar surface area (TPSA) is 27.6 Å². The summed E-state index contributed by atoms with van der Waals surface area (Å²) in [5.74, 6) is 2.14. The predicted molar refractivity (Wildman–Crippen MR) is 80.3 cm³/mol. The Morgan fingerprint density at radius 3 is 2.89 bits per heavy atom. The summed E-state index contributed by atoms with van der Waals surface area (Å²) in [6.07, 6.45) is 3.24. The molecule has 1 aliphatic heterocycles. The van der Waals surface area contributed by atoms with Gasteiger partial charge in [-0.3, -0.25) is 4.99 Å². The fraction of sp³-hybridized carbons (Fsp3) is 0.500. The van der Waals surface area contributed by atoms with Gasteiger partial charge in [-0.05, 0) is 23.8 Å². The van der Waals surface area contributed by atoms with Gasteiger partial charge in [-0.25, -0.2) is 0 Å². The van der Waals surface area contributed by atoms with E-state index in [1.807, 2.05) is 18.8 Å². The van der Waals surface area contributed by atoms with Crippen LogP contribution < -0.4 is 5.32 Å². The highest BCUT2D eigenvalue weighted by molar-refractivity contribution is 7.98. The van der Waals surface area contributed by atoms with E-state index in [-0.39, 0.29) is 0 Å². The van der Waals surface area contributed by atoms with Crippen LogP contribution in [0.3, 0.4) is 0 Å². The van der Waals surface area contributed by atoms with Gasteiger partial charge in [0.25, 0.3) is 0 Å². The van der Waals surface area contributed by atoms with Crippen LogP contribution in [0.1, 0.15) is 11.1 Å². The van der Waals surface area contributed by atoms with Crippen molar-refractivity contribution in [1.82, 2.24) is 10.2 Å². The lowest BCUT2D eigenvalue weighted by molar-refractivity contribution is 0.380. The lowest BCUT2D eigenvalue weighted by Crippen LogP contribution is -2.44. The van der Waals surface area contributed by atoms with E-state index in [2.05, 4.69) is 45.7 Å². The third-order valence-corrected chi connectivity index (χ3v) is 3.84. The van der Waals surface area contributed by atoms with Crippen LogP contribution in [0.2, 0.25) is 0 Å². The fourth-order valence-electron chi connectivity index (χ4n) is 2.27. The highest BCUT2D eigenvalue weighted by atomic mass is 32.2. The summed E-state index contributed by atoms with van der Waals surface area (Å²) in [4.78, 5) is 6.71. The van der Waals surface area contributed by atoms with E-state index in [0.29, 0.717) is 0 Å². The van der Waals surface area contributed by atoms with Crippen molar-refractivity contribution in [3.05, 3.63) is 35.4 Å². The van der Waals surface area contributed by atoms with Crippen molar-refractivity contribution in [2.24, 2.45) is 4.99 Å².